The highest BCUT2D eigenvalue weighted by Crippen LogP contribution is 2.40. The fourth-order valence-corrected chi connectivity index (χ4v) is 6.62. The summed E-state index contributed by atoms with van der Waals surface area (Å²) in [6.07, 6.45) is 2.02. The van der Waals surface area contributed by atoms with Crippen LogP contribution in [0.2, 0.25) is 0 Å². The first kappa shape index (κ1) is 23.8. The minimum absolute atomic E-state index is 0.232. The smallest absolute Gasteiger partial charge is 0.257 e. The van der Waals surface area contributed by atoms with Gasteiger partial charge in [-0.15, -0.1) is 11.3 Å². The number of amides is 1. The van der Waals surface area contributed by atoms with Gasteiger partial charge in [-0.2, -0.15) is 4.31 Å². The Morgan fingerprint density at radius 3 is 2.33 bits per heavy atom. The van der Waals surface area contributed by atoms with Crippen LogP contribution in [0.5, 0.6) is 17.2 Å². The number of carbonyl (C=O) groups is 1. The first-order valence-corrected chi connectivity index (χ1v) is 13.5. The Morgan fingerprint density at radius 2 is 1.76 bits per heavy atom. The van der Waals surface area contributed by atoms with Gasteiger partial charge in [-0.05, 0) is 45.7 Å². The molecular formula is C22H29N3O6S2. The summed E-state index contributed by atoms with van der Waals surface area (Å²) in [6.45, 7) is 7.58. The first-order valence-electron chi connectivity index (χ1n) is 11.2. The summed E-state index contributed by atoms with van der Waals surface area (Å²) in [5, 5.41) is 3.06. The lowest BCUT2D eigenvalue weighted by atomic mass is 10.1. The number of benzene rings is 1. The summed E-state index contributed by atoms with van der Waals surface area (Å²) >= 11 is 1.31. The van der Waals surface area contributed by atoms with Crippen LogP contribution in [0.1, 0.15) is 54.5 Å². The van der Waals surface area contributed by atoms with Crippen molar-refractivity contribution in [1.29, 1.82) is 0 Å². The fraction of sp³-hybridized carbons (Fsp3) is 0.545. The molecule has 0 atom stereocenters. The number of fused-ring (bicyclic) bond motifs is 1. The highest BCUT2D eigenvalue weighted by molar-refractivity contribution is 7.90. The zero-order valence-corrected chi connectivity index (χ0v) is 20.7. The molecule has 2 aliphatic rings. The third kappa shape index (κ3) is 5.10. The van der Waals surface area contributed by atoms with Crippen LogP contribution in [0, 0.1) is 0 Å². The molecule has 1 aliphatic heterocycles. The Hall–Kier alpha value is -2.37. The topological polar surface area (TPSA) is 107 Å². The molecule has 0 bridgehead atoms. The highest BCUT2D eigenvalue weighted by Gasteiger charge is 2.41. The molecule has 9 nitrogen and oxygen atoms in total. The van der Waals surface area contributed by atoms with Crippen LogP contribution < -0.4 is 19.5 Å². The van der Waals surface area contributed by atoms with Gasteiger partial charge in [0.1, 0.15) is 0 Å². The lowest BCUT2D eigenvalue weighted by Crippen LogP contribution is -2.37. The standard InChI is InChI=1S/C22H29N3O6S2/c1-4-29-17-11-14(12-18(30-5-2)20(17)31-6-3)21(26)24-22-23-16-9-10-25(13-19(16)32-22)33(27,28)15-7-8-15/h11-12,15H,4-10,13H2,1-3H3,(H,23,24,26). The summed E-state index contributed by atoms with van der Waals surface area (Å²) in [5.74, 6) is 0.998. The molecular weight excluding hydrogens is 466 g/mol. The highest BCUT2D eigenvalue weighted by atomic mass is 32.2. The van der Waals surface area contributed by atoms with Crippen LogP contribution in [0.3, 0.4) is 0 Å². The van der Waals surface area contributed by atoms with Crippen molar-refractivity contribution in [3.05, 3.63) is 28.3 Å². The molecule has 1 amide bonds. The number of ether oxygens (including phenoxy) is 3. The SMILES string of the molecule is CCOc1cc(C(=O)Nc2nc3c(s2)CN(S(=O)(=O)C2CC2)CC3)cc(OCC)c1OCC. The minimum Gasteiger partial charge on any atom is -0.490 e. The Morgan fingerprint density at radius 1 is 1.12 bits per heavy atom. The summed E-state index contributed by atoms with van der Waals surface area (Å²) in [4.78, 5) is 18.4. The van der Waals surface area contributed by atoms with Crippen molar-refractivity contribution < 1.29 is 27.4 Å². The fourth-order valence-electron chi connectivity index (χ4n) is 3.71. The van der Waals surface area contributed by atoms with Crippen LogP contribution in [0.4, 0.5) is 5.13 Å². The summed E-state index contributed by atoms with van der Waals surface area (Å²) in [5.41, 5.74) is 1.20. The van der Waals surface area contributed by atoms with E-state index in [-0.39, 0.29) is 11.2 Å². The second-order valence-electron chi connectivity index (χ2n) is 7.77. The maximum atomic E-state index is 13.0. The van der Waals surface area contributed by atoms with Crippen LogP contribution in [-0.2, 0) is 23.0 Å². The number of sulfonamides is 1. The molecule has 0 spiro atoms. The molecule has 4 rings (SSSR count). The molecule has 1 N–H and O–H groups in total. The van der Waals surface area contributed by atoms with E-state index in [1.807, 2.05) is 20.8 Å². The van der Waals surface area contributed by atoms with Crippen molar-refractivity contribution in [2.24, 2.45) is 0 Å². The maximum absolute atomic E-state index is 13.0. The van der Waals surface area contributed by atoms with E-state index in [4.69, 9.17) is 14.2 Å². The van der Waals surface area contributed by atoms with Gasteiger partial charge < -0.3 is 14.2 Å². The van der Waals surface area contributed by atoms with E-state index in [0.29, 0.717) is 67.3 Å². The summed E-state index contributed by atoms with van der Waals surface area (Å²) < 4.78 is 43.8. The zero-order valence-electron chi connectivity index (χ0n) is 19.0. The van der Waals surface area contributed by atoms with Crippen molar-refractivity contribution >= 4 is 32.4 Å². The molecule has 11 heteroatoms. The van der Waals surface area contributed by atoms with E-state index in [1.54, 1.807) is 16.4 Å². The van der Waals surface area contributed by atoms with Gasteiger partial charge >= 0.3 is 0 Å². The molecule has 1 saturated carbocycles. The Kier molecular flexibility index (Phi) is 7.10. The first-order chi connectivity index (χ1) is 15.9. The second-order valence-corrected chi connectivity index (χ2v) is 11.1. The van der Waals surface area contributed by atoms with E-state index in [2.05, 4.69) is 10.3 Å². The average Bonchev–Trinajstić information content (AvgIpc) is 3.57. The van der Waals surface area contributed by atoms with Crippen molar-refractivity contribution in [1.82, 2.24) is 9.29 Å². The number of rotatable bonds is 10. The largest absolute Gasteiger partial charge is 0.490 e. The monoisotopic (exact) mass is 495 g/mol. The third-order valence-corrected chi connectivity index (χ3v) is 8.74. The van der Waals surface area contributed by atoms with Crippen molar-refractivity contribution in [2.45, 2.75) is 51.8 Å². The predicted molar refractivity (Wildman–Crippen MR) is 126 cm³/mol. The number of hydrogen-bond donors (Lipinski definition) is 1. The number of carbonyl (C=O) groups excluding carboxylic acids is 1. The number of aromatic nitrogens is 1. The minimum atomic E-state index is -3.23. The van der Waals surface area contributed by atoms with Crippen LogP contribution in [0.15, 0.2) is 12.1 Å². The van der Waals surface area contributed by atoms with E-state index >= 15 is 0 Å². The van der Waals surface area contributed by atoms with E-state index < -0.39 is 10.0 Å². The average molecular weight is 496 g/mol. The second kappa shape index (κ2) is 9.86. The molecule has 2 heterocycles. The van der Waals surface area contributed by atoms with Crippen LogP contribution in [0.25, 0.3) is 0 Å². The molecule has 2 aromatic rings. The van der Waals surface area contributed by atoms with E-state index in [0.717, 1.165) is 23.4 Å². The predicted octanol–water partition coefficient (Wildman–Crippen LogP) is 3.44. The molecule has 180 valence electrons. The molecule has 0 unspecified atom stereocenters. The van der Waals surface area contributed by atoms with Crippen LogP contribution >= 0.6 is 11.3 Å². The molecule has 1 fully saturated rings. The lowest BCUT2D eigenvalue weighted by Gasteiger charge is -2.25. The Labute approximate surface area is 198 Å². The van der Waals surface area contributed by atoms with Crippen molar-refractivity contribution in [2.75, 3.05) is 31.7 Å². The van der Waals surface area contributed by atoms with E-state index in [9.17, 15) is 13.2 Å². The molecule has 33 heavy (non-hydrogen) atoms. The van der Waals surface area contributed by atoms with Gasteiger partial charge in [0.15, 0.2) is 16.6 Å². The number of hydrogen-bond acceptors (Lipinski definition) is 8. The Balaban J connectivity index is 1.53. The molecule has 0 radical (unpaired) electrons. The van der Waals surface area contributed by atoms with Crippen molar-refractivity contribution in [3.63, 3.8) is 0 Å². The Bertz CT molecular complexity index is 1100. The van der Waals surface area contributed by atoms with Gasteiger partial charge in [-0.3, -0.25) is 10.1 Å². The zero-order chi connectivity index (χ0) is 23.6. The quantitative estimate of drug-likeness (QED) is 0.538. The number of nitrogens with zero attached hydrogens (tertiary/aromatic N) is 2. The third-order valence-electron chi connectivity index (χ3n) is 5.39. The molecule has 1 aromatic heterocycles. The molecule has 1 aliphatic carbocycles. The van der Waals surface area contributed by atoms with Gasteiger partial charge in [-0.25, -0.2) is 13.4 Å². The van der Waals surface area contributed by atoms with Gasteiger partial charge in [0.05, 0.1) is 30.8 Å². The lowest BCUT2D eigenvalue weighted by molar-refractivity contribution is 0.102. The molecule has 0 saturated heterocycles. The number of nitrogens with one attached hydrogen (secondary N) is 1. The number of anilines is 1. The van der Waals surface area contributed by atoms with E-state index in [1.165, 1.54) is 11.3 Å². The normalized spacial score (nSPS) is 16.2. The van der Waals surface area contributed by atoms with Gasteiger partial charge in [-0.1, -0.05) is 0 Å². The summed E-state index contributed by atoms with van der Waals surface area (Å²) in [7, 11) is -3.23. The molecule has 1 aromatic carbocycles. The number of thiazole rings is 1. The summed E-state index contributed by atoms with van der Waals surface area (Å²) in [6, 6.07) is 3.26. The van der Waals surface area contributed by atoms with Crippen LogP contribution in [-0.4, -0.2) is 55.2 Å². The van der Waals surface area contributed by atoms with Gasteiger partial charge in [0.2, 0.25) is 15.8 Å². The van der Waals surface area contributed by atoms with Crippen molar-refractivity contribution in [3.8, 4) is 17.2 Å². The van der Waals surface area contributed by atoms with Gasteiger partial charge in [0, 0.05) is 30.0 Å². The maximum Gasteiger partial charge on any atom is 0.257 e. The van der Waals surface area contributed by atoms with Gasteiger partial charge in [0.25, 0.3) is 5.91 Å².